The summed E-state index contributed by atoms with van der Waals surface area (Å²) >= 11 is 0. The van der Waals surface area contributed by atoms with Gasteiger partial charge in [0.05, 0.1) is 0 Å². The van der Waals surface area contributed by atoms with Crippen LogP contribution in [0.2, 0.25) is 0 Å². The number of hydrogen-bond acceptors (Lipinski definition) is 4. The molecule has 118 valence electrons. The summed E-state index contributed by atoms with van der Waals surface area (Å²) in [6.07, 6.45) is 2.54. The van der Waals surface area contributed by atoms with Gasteiger partial charge in [-0.3, -0.25) is 0 Å². The number of rotatable bonds is 4. The first-order valence-corrected chi connectivity index (χ1v) is 8.25. The standard InChI is InChI=1S/C17H30N4/c1-11(2)14-7-9-21(10-8-14)17-13(5)16(18-6)19-15(20-17)12(3)4/h11-12,14H,7-10H2,1-6H3,(H,18,19,20). The summed E-state index contributed by atoms with van der Waals surface area (Å²) < 4.78 is 0. The van der Waals surface area contributed by atoms with Crippen LogP contribution in [0.25, 0.3) is 0 Å². The molecule has 0 radical (unpaired) electrons. The lowest BCUT2D eigenvalue weighted by Gasteiger charge is -2.35. The lowest BCUT2D eigenvalue weighted by molar-refractivity contribution is 0.310. The van der Waals surface area contributed by atoms with Crippen LogP contribution in [0.5, 0.6) is 0 Å². The Hall–Kier alpha value is -1.32. The molecule has 4 heteroatoms. The van der Waals surface area contributed by atoms with Crippen molar-refractivity contribution >= 4 is 11.6 Å². The van der Waals surface area contributed by atoms with E-state index in [0.29, 0.717) is 5.92 Å². The van der Waals surface area contributed by atoms with Crippen LogP contribution in [0, 0.1) is 18.8 Å². The van der Waals surface area contributed by atoms with E-state index in [1.54, 1.807) is 0 Å². The molecule has 4 nitrogen and oxygen atoms in total. The Morgan fingerprint density at radius 3 is 2.19 bits per heavy atom. The van der Waals surface area contributed by atoms with Crippen molar-refractivity contribution in [3.63, 3.8) is 0 Å². The smallest absolute Gasteiger partial charge is 0.137 e. The van der Waals surface area contributed by atoms with Gasteiger partial charge >= 0.3 is 0 Å². The number of piperidine rings is 1. The quantitative estimate of drug-likeness (QED) is 0.915. The van der Waals surface area contributed by atoms with Gasteiger partial charge in [0.2, 0.25) is 0 Å². The first-order chi connectivity index (χ1) is 9.93. The van der Waals surface area contributed by atoms with Gasteiger partial charge < -0.3 is 10.2 Å². The molecular formula is C17H30N4. The van der Waals surface area contributed by atoms with Crippen molar-refractivity contribution < 1.29 is 0 Å². The van der Waals surface area contributed by atoms with Gasteiger partial charge in [-0.05, 0) is 31.6 Å². The molecule has 2 rings (SSSR count). The van der Waals surface area contributed by atoms with Gasteiger partial charge in [0, 0.05) is 31.6 Å². The van der Waals surface area contributed by atoms with Crippen LogP contribution in [0.1, 0.15) is 57.8 Å². The molecule has 0 spiro atoms. The van der Waals surface area contributed by atoms with Crippen LogP contribution in [-0.4, -0.2) is 30.1 Å². The average molecular weight is 290 g/mol. The molecule has 0 aromatic carbocycles. The van der Waals surface area contributed by atoms with Crippen molar-refractivity contribution in [3.05, 3.63) is 11.4 Å². The molecule has 0 atom stereocenters. The van der Waals surface area contributed by atoms with Gasteiger partial charge in [-0.1, -0.05) is 27.7 Å². The summed E-state index contributed by atoms with van der Waals surface area (Å²) in [6, 6.07) is 0. The molecule has 21 heavy (non-hydrogen) atoms. The van der Waals surface area contributed by atoms with Crippen LogP contribution >= 0.6 is 0 Å². The molecule has 1 aliphatic rings. The molecule has 0 aliphatic carbocycles. The number of hydrogen-bond donors (Lipinski definition) is 1. The monoisotopic (exact) mass is 290 g/mol. The van der Waals surface area contributed by atoms with Gasteiger partial charge in [0.25, 0.3) is 0 Å². The van der Waals surface area contributed by atoms with E-state index in [0.717, 1.165) is 42.4 Å². The maximum absolute atomic E-state index is 4.85. The van der Waals surface area contributed by atoms with E-state index >= 15 is 0 Å². The first-order valence-electron chi connectivity index (χ1n) is 8.25. The largest absolute Gasteiger partial charge is 0.373 e. The third kappa shape index (κ3) is 3.47. The normalized spacial score (nSPS) is 16.9. The highest BCUT2D eigenvalue weighted by molar-refractivity contribution is 5.58. The maximum Gasteiger partial charge on any atom is 0.137 e. The molecule has 1 aromatic heterocycles. The van der Waals surface area contributed by atoms with E-state index in [1.807, 2.05) is 7.05 Å². The molecular weight excluding hydrogens is 260 g/mol. The minimum atomic E-state index is 0.352. The lowest BCUT2D eigenvalue weighted by Crippen LogP contribution is -2.36. The summed E-state index contributed by atoms with van der Waals surface area (Å²) in [7, 11) is 1.94. The average Bonchev–Trinajstić information content (AvgIpc) is 2.47. The third-order valence-electron chi connectivity index (χ3n) is 4.67. The van der Waals surface area contributed by atoms with Crippen molar-refractivity contribution in [2.75, 3.05) is 30.4 Å². The first kappa shape index (κ1) is 16.1. The number of anilines is 2. The zero-order valence-corrected chi connectivity index (χ0v) is 14.4. The Balaban J connectivity index is 2.25. The Bertz CT molecular complexity index is 474. The molecule has 0 unspecified atom stereocenters. The molecule has 1 aliphatic heterocycles. The Morgan fingerprint density at radius 1 is 1.10 bits per heavy atom. The second-order valence-corrected chi connectivity index (χ2v) is 6.85. The fourth-order valence-corrected chi connectivity index (χ4v) is 3.11. The van der Waals surface area contributed by atoms with Crippen molar-refractivity contribution in [2.45, 2.75) is 53.4 Å². The maximum atomic E-state index is 4.85. The minimum absolute atomic E-state index is 0.352. The van der Waals surface area contributed by atoms with Crippen LogP contribution in [0.15, 0.2) is 0 Å². The summed E-state index contributed by atoms with van der Waals surface area (Å²) in [5, 5.41) is 3.22. The SMILES string of the molecule is CNc1nc(C(C)C)nc(N2CCC(C(C)C)CC2)c1C. The van der Waals surface area contributed by atoms with Gasteiger partial charge in [-0.25, -0.2) is 9.97 Å². The van der Waals surface area contributed by atoms with Gasteiger partial charge in [0.15, 0.2) is 0 Å². The van der Waals surface area contributed by atoms with E-state index in [9.17, 15) is 0 Å². The zero-order valence-electron chi connectivity index (χ0n) is 14.4. The molecule has 0 bridgehead atoms. The fraction of sp³-hybridized carbons (Fsp3) is 0.765. The summed E-state index contributed by atoms with van der Waals surface area (Å²) in [4.78, 5) is 11.9. The highest BCUT2D eigenvalue weighted by Gasteiger charge is 2.24. The summed E-state index contributed by atoms with van der Waals surface area (Å²) in [5.41, 5.74) is 1.17. The van der Waals surface area contributed by atoms with Gasteiger partial charge in [-0.2, -0.15) is 0 Å². The zero-order chi connectivity index (χ0) is 15.6. The van der Waals surface area contributed by atoms with Crippen molar-refractivity contribution in [1.82, 2.24) is 9.97 Å². The van der Waals surface area contributed by atoms with E-state index in [-0.39, 0.29) is 0 Å². The Labute approximate surface area is 129 Å². The third-order valence-corrected chi connectivity index (χ3v) is 4.67. The number of nitrogens with zero attached hydrogens (tertiary/aromatic N) is 3. The highest BCUT2D eigenvalue weighted by Crippen LogP contribution is 2.31. The summed E-state index contributed by atoms with van der Waals surface area (Å²) in [6.45, 7) is 13.3. The van der Waals surface area contributed by atoms with Crippen molar-refractivity contribution in [2.24, 2.45) is 11.8 Å². The topological polar surface area (TPSA) is 41.1 Å². The van der Waals surface area contributed by atoms with E-state index in [4.69, 9.17) is 4.98 Å². The van der Waals surface area contributed by atoms with E-state index in [2.05, 4.69) is 49.8 Å². The van der Waals surface area contributed by atoms with Crippen LogP contribution < -0.4 is 10.2 Å². The van der Waals surface area contributed by atoms with Crippen LogP contribution in [0.4, 0.5) is 11.6 Å². The second-order valence-electron chi connectivity index (χ2n) is 6.85. The number of aromatic nitrogens is 2. The predicted octanol–water partition coefficient (Wildman–Crippen LogP) is 3.82. The second kappa shape index (κ2) is 6.63. The highest BCUT2D eigenvalue weighted by atomic mass is 15.2. The van der Waals surface area contributed by atoms with E-state index in [1.165, 1.54) is 18.4 Å². The lowest BCUT2D eigenvalue weighted by atomic mass is 9.86. The Kier molecular flexibility index (Phi) is 5.07. The molecule has 1 saturated heterocycles. The molecule has 0 amide bonds. The molecule has 1 aromatic rings. The molecule has 2 heterocycles. The fourth-order valence-electron chi connectivity index (χ4n) is 3.11. The minimum Gasteiger partial charge on any atom is -0.373 e. The number of nitrogens with one attached hydrogen (secondary N) is 1. The van der Waals surface area contributed by atoms with Crippen molar-refractivity contribution in [3.8, 4) is 0 Å². The van der Waals surface area contributed by atoms with Crippen LogP contribution in [-0.2, 0) is 0 Å². The molecule has 1 fully saturated rings. The van der Waals surface area contributed by atoms with E-state index < -0.39 is 0 Å². The van der Waals surface area contributed by atoms with Crippen molar-refractivity contribution in [1.29, 1.82) is 0 Å². The Morgan fingerprint density at radius 2 is 1.71 bits per heavy atom. The summed E-state index contributed by atoms with van der Waals surface area (Å²) in [5.74, 6) is 5.03. The predicted molar refractivity (Wildman–Crippen MR) is 90.2 cm³/mol. The van der Waals surface area contributed by atoms with Gasteiger partial charge in [0.1, 0.15) is 17.5 Å². The van der Waals surface area contributed by atoms with Crippen LogP contribution in [0.3, 0.4) is 0 Å². The molecule has 1 N–H and O–H groups in total. The van der Waals surface area contributed by atoms with Gasteiger partial charge in [-0.15, -0.1) is 0 Å². The molecule has 0 saturated carbocycles.